The first-order chi connectivity index (χ1) is 14.5. The molecule has 0 bridgehead atoms. The number of ketones is 1. The van der Waals surface area contributed by atoms with Gasteiger partial charge in [0.15, 0.2) is 0 Å². The zero-order valence-electron chi connectivity index (χ0n) is 20.2. The van der Waals surface area contributed by atoms with Crippen molar-refractivity contribution in [1.82, 2.24) is 19.9 Å². The summed E-state index contributed by atoms with van der Waals surface area (Å²) >= 11 is 0. The topological polar surface area (TPSA) is 107 Å². The van der Waals surface area contributed by atoms with E-state index in [-0.39, 0.29) is 57.7 Å². The van der Waals surface area contributed by atoms with E-state index in [4.69, 9.17) is 9.47 Å². The number of carbonyl (C=O) groups is 1. The summed E-state index contributed by atoms with van der Waals surface area (Å²) in [7, 11) is 0. The molecule has 8 nitrogen and oxygen atoms in total. The fraction of sp³-hybridized carbons (Fsp3) is 0.591. The molecule has 2 aliphatic rings. The van der Waals surface area contributed by atoms with Gasteiger partial charge < -0.3 is 16.0 Å². The van der Waals surface area contributed by atoms with Crippen LogP contribution in [0.15, 0.2) is 24.8 Å². The fourth-order valence-corrected chi connectivity index (χ4v) is 3.38. The van der Waals surface area contributed by atoms with Crippen molar-refractivity contribution in [2.45, 2.75) is 83.5 Å². The van der Waals surface area contributed by atoms with Gasteiger partial charge >= 0.3 is 41.6 Å². The zero-order valence-corrected chi connectivity index (χ0v) is 21.2. The van der Waals surface area contributed by atoms with Gasteiger partial charge in [0.1, 0.15) is 18.0 Å². The molecule has 2 aliphatic carbocycles. The Labute approximate surface area is 215 Å². The molecule has 0 saturated heterocycles. The monoisotopic (exact) mass is 449 g/mol. The Hall–Kier alpha value is -1.55. The van der Waals surface area contributed by atoms with Gasteiger partial charge in [-0.2, -0.15) is 0 Å². The van der Waals surface area contributed by atoms with Crippen LogP contribution in [-0.2, 0) is 4.79 Å². The number of hydrogen-bond acceptors (Lipinski definition) is 8. The molecule has 1 N–H and O–H groups in total. The summed E-state index contributed by atoms with van der Waals surface area (Å²) < 4.78 is 11.2. The Morgan fingerprint density at radius 3 is 1.56 bits per heavy atom. The quantitative estimate of drug-likeness (QED) is 0.644. The number of aliphatic hydroxyl groups is 1. The van der Waals surface area contributed by atoms with Crippen molar-refractivity contribution in [3.63, 3.8) is 0 Å². The predicted octanol–water partition coefficient (Wildman–Crippen LogP) is -0.121. The smallest absolute Gasteiger partial charge is 1.00 e. The molecule has 10 heteroatoms. The van der Waals surface area contributed by atoms with Crippen LogP contribution in [0.5, 0.6) is 12.0 Å². The number of aromatic nitrogens is 4. The van der Waals surface area contributed by atoms with Crippen LogP contribution in [0.25, 0.3) is 0 Å². The van der Waals surface area contributed by atoms with Gasteiger partial charge in [0.05, 0.1) is 6.10 Å². The number of rotatable bonds is 4. The maximum atomic E-state index is 11.0. The van der Waals surface area contributed by atoms with E-state index in [1.807, 2.05) is 13.8 Å². The van der Waals surface area contributed by atoms with Crippen molar-refractivity contribution in [3.8, 4) is 12.0 Å². The molecule has 32 heavy (non-hydrogen) atoms. The second kappa shape index (κ2) is 14.6. The summed E-state index contributed by atoms with van der Waals surface area (Å²) in [6.07, 6.45) is 13.3. The van der Waals surface area contributed by atoms with Gasteiger partial charge in [0.2, 0.25) is 0 Å². The number of hydrogen-bond donors (Lipinski definition) is 1. The molecule has 2 aromatic rings. The third kappa shape index (κ3) is 9.94. The predicted molar refractivity (Wildman–Crippen MR) is 117 cm³/mol. The molecular formula is C22H31BN4NaO4. The van der Waals surface area contributed by atoms with Crippen LogP contribution in [0.2, 0.25) is 0 Å². The van der Waals surface area contributed by atoms with E-state index in [9.17, 15) is 9.90 Å². The molecule has 0 unspecified atom stereocenters. The number of carbonyl (C=O) groups excluding carboxylic acids is 1. The SMILES string of the molecule is Cc1cnc(OC2CCC(=O)CC2)nc1.Cc1cnc(OC2CCC(O)CC2)nc1.[B].[H-].[Na+]. The first-order valence-electron chi connectivity index (χ1n) is 10.6. The van der Waals surface area contributed by atoms with E-state index in [2.05, 4.69) is 19.9 Å². The number of aryl methyl sites for hydroxylation is 2. The van der Waals surface area contributed by atoms with Crippen molar-refractivity contribution in [2.24, 2.45) is 0 Å². The average Bonchev–Trinajstić information content (AvgIpc) is 2.75. The second-order valence-corrected chi connectivity index (χ2v) is 7.99. The molecule has 2 fully saturated rings. The Bertz CT molecular complexity index is 799. The van der Waals surface area contributed by atoms with Crippen molar-refractivity contribution in [3.05, 3.63) is 35.9 Å². The van der Waals surface area contributed by atoms with E-state index < -0.39 is 0 Å². The molecule has 0 aromatic carbocycles. The van der Waals surface area contributed by atoms with Crippen LogP contribution in [-0.4, -0.2) is 57.6 Å². The molecular weight excluding hydrogens is 418 g/mol. The van der Waals surface area contributed by atoms with Gasteiger partial charge in [-0.3, -0.25) is 4.79 Å². The summed E-state index contributed by atoms with van der Waals surface area (Å²) in [6.45, 7) is 3.88. The molecule has 4 rings (SSSR count). The van der Waals surface area contributed by atoms with E-state index in [0.29, 0.717) is 30.6 Å². The van der Waals surface area contributed by atoms with Gasteiger partial charge in [-0.1, -0.05) is 0 Å². The maximum absolute atomic E-state index is 11.0. The van der Waals surface area contributed by atoms with Crippen LogP contribution in [0.4, 0.5) is 0 Å². The van der Waals surface area contributed by atoms with Crippen molar-refractivity contribution < 1.29 is 50.4 Å². The van der Waals surface area contributed by atoms with Gasteiger partial charge in [-0.25, -0.2) is 19.9 Å². The Morgan fingerprint density at radius 2 is 1.16 bits per heavy atom. The number of Topliss-reactive ketones (excluding diaryl/α,β-unsaturated/α-hetero) is 1. The number of aliphatic hydroxyl groups excluding tert-OH is 1. The fourth-order valence-electron chi connectivity index (χ4n) is 3.38. The maximum Gasteiger partial charge on any atom is 1.00 e. The zero-order chi connectivity index (χ0) is 21.3. The van der Waals surface area contributed by atoms with E-state index in [0.717, 1.165) is 49.7 Å². The minimum atomic E-state index is -0.149. The number of ether oxygens (including phenoxy) is 2. The Kier molecular flexibility index (Phi) is 13.0. The molecule has 0 aliphatic heterocycles. The largest absolute Gasteiger partial charge is 1.00 e. The van der Waals surface area contributed by atoms with Gasteiger partial charge in [-0.05, 0) is 63.5 Å². The molecule has 2 saturated carbocycles. The summed E-state index contributed by atoms with van der Waals surface area (Å²) in [5.41, 5.74) is 2.04. The van der Waals surface area contributed by atoms with Crippen LogP contribution >= 0.6 is 0 Å². The van der Waals surface area contributed by atoms with Crippen LogP contribution in [0.1, 0.15) is 63.9 Å². The third-order valence-corrected chi connectivity index (χ3v) is 5.19. The minimum absolute atomic E-state index is 0. The first-order valence-corrected chi connectivity index (χ1v) is 10.6. The van der Waals surface area contributed by atoms with Crippen LogP contribution < -0.4 is 39.0 Å². The van der Waals surface area contributed by atoms with E-state index >= 15 is 0 Å². The second-order valence-electron chi connectivity index (χ2n) is 7.99. The van der Waals surface area contributed by atoms with Crippen molar-refractivity contribution in [2.75, 3.05) is 0 Å². The van der Waals surface area contributed by atoms with Gasteiger partial charge in [0.25, 0.3) is 0 Å². The van der Waals surface area contributed by atoms with Crippen LogP contribution in [0, 0.1) is 13.8 Å². The Morgan fingerprint density at radius 1 is 0.781 bits per heavy atom. The van der Waals surface area contributed by atoms with E-state index in [1.54, 1.807) is 24.8 Å². The molecule has 2 heterocycles. The molecule has 0 amide bonds. The van der Waals surface area contributed by atoms with Gasteiger partial charge in [-0.15, -0.1) is 0 Å². The van der Waals surface area contributed by atoms with Crippen LogP contribution in [0.3, 0.4) is 0 Å². The van der Waals surface area contributed by atoms with Crippen molar-refractivity contribution in [1.29, 1.82) is 0 Å². The first kappa shape index (κ1) is 28.5. The van der Waals surface area contributed by atoms with Crippen molar-refractivity contribution >= 4 is 14.2 Å². The summed E-state index contributed by atoms with van der Waals surface area (Å²) in [5.74, 6) is 0.333. The molecule has 3 radical (unpaired) electrons. The van der Waals surface area contributed by atoms with E-state index in [1.165, 1.54) is 0 Å². The normalized spacial score (nSPS) is 20.7. The summed E-state index contributed by atoms with van der Waals surface area (Å²) in [6, 6.07) is 0.863. The molecule has 0 spiro atoms. The molecule has 167 valence electrons. The third-order valence-electron chi connectivity index (χ3n) is 5.19. The molecule has 0 atom stereocenters. The van der Waals surface area contributed by atoms with Gasteiger partial charge in [0, 0.05) is 46.0 Å². The summed E-state index contributed by atoms with van der Waals surface area (Å²) in [5, 5.41) is 9.34. The average molecular weight is 449 g/mol. The standard InChI is InChI=1S/C11H16N2O2.C11H14N2O2.B.Na.H/c2*1-8-6-12-11(13-7-8)15-10-4-2-9(14)3-5-10;;;/h6-7,9-10,14H,2-5H2,1H3;6-7,10H,2-5H2,1H3;;;/q;;;+1;-1. The summed E-state index contributed by atoms with van der Waals surface area (Å²) in [4.78, 5) is 27.4. The number of nitrogens with zero attached hydrogens (tertiary/aromatic N) is 4. The Balaban J connectivity index is 0.000000569. The minimum Gasteiger partial charge on any atom is -1.00 e. The molecule has 2 aromatic heterocycles.